The van der Waals surface area contributed by atoms with Crippen LogP contribution in [-0.4, -0.2) is 41.8 Å². The number of hydrogen-bond acceptors (Lipinski definition) is 4. The molecule has 0 saturated carbocycles. The summed E-state index contributed by atoms with van der Waals surface area (Å²) in [6, 6.07) is 3.90. The van der Waals surface area contributed by atoms with Crippen LogP contribution in [0, 0.1) is 12.8 Å². The highest BCUT2D eigenvalue weighted by atomic mass is 16.6. The minimum Gasteiger partial charge on any atom is -0.495 e. The zero-order chi connectivity index (χ0) is 16.3. The molecule has 22 heavy (non-hydrogen) atoms. The maximum Gasteiger partial charge on any atom is 0.410 e. The van der Waals surface area contributed by atoms with Crippen molar-refractivity contribution >= 4 is 6.09 Å². The van der Waals surface area contributed by atoms with Crippen LogP contribution >= 0.6 is 0 Å². The molecule has 1 aliphatic rings. The Balaban J connectivity index is 1.97. The third-order valence-corrected chi connectivity index (χ3v) is 3.71. The maximum atomic E-state index is 12.1. The van der Waals surface area contributed by atoms with Gasteiger partial charge in [-0.25, -0.2) is 4.79 Å². The SMILES string of the molecule is COc1ccc(C)nc1CC1CCN(C(=O)OC(C)(C)C)C1. The van der Waals surface area contributed by atoms with Gasteiger partial charge in [0.25, 0.3) is 0 Å². The molecule has 5 heteroatoms. The average Bonchev–Trinajstić information content (AvgIpc) is 2.86. The van der Waals surface area contributed by atoms with Crippen LogP contribution in [0.15, 0.2) is 12.1 Å². The highest BCUT2D eigenvalue weighted by molar-refractivity contribution is 5.68. The monoisotopic (exact) mass is 306 g/mol. The van der Waals surface area contributed by atoms with E-state index in [0.29, 0.717) is 12.5 Å². The van der Waals surface area contributed by atoms with Gasteiger partial charge in [0, 0.05) is 18.8 Å². The minimum absolute atomic E-state index is 0.223. The van der Waals surface area contributed by atoms with E-state index in [1.54, 1.807) is 12.0 Å². The standard InChI is InChI=1S/C17H26N2O3/c1-12-6-7-15(21-5)14(18-12)10-13-8-9-19(11-13)16(20)22-17(2,3)4/h6-7,13H,8-11H2,1-5H3. The Hall–Kier alpha value is -1.78. The molecule has 122 valence electrons. The second-order valence-electron chi connectivity index (χ2n) is 6.89. The maximum absolute atomic E-state index is 12.1. The van der Waals surface area contributed by atoms with Crippen LogP contribution < -0.4 is 4.74 Å². The molecule has 0 N–H and O–H groups in total. The largest absolute Gasteiger partial charge is 0.495 e. The summed E-state index contributed by atoms with van der Waals surface area (Å²) in [4.78, 5) is 18.5. The van der Waals surface area contributed by atoms with Crippen molar-refractivity contribution in [2.75, 3.05) is 20.2 Å². The fourth-order valence-electron chi connectivity index (χ4n) is 2.69. The van der Waals surface area contributed by atoms with E-state index < -0.39 is 5.60 Å². The van der Waals surface area contributed by atoms with Gasteiger partial charge in [-0.3, -0.25) is 4.98 Å². The first-order chi connectivity index (χ1) is 10.3. The van der Waals surface area contributed by atoms with E-state index in [0.717, 1.165) is 36.5 Å². The van der Waals surface area contributed by atoms with Crippen molar-refractivity contribution in [3.05, 3.63) is 23.5 Å². The van der Waals surface area contributed by atoms with Crippen molar-refractivity contribution in [1.29, 1.82) is 0 Å². The normalized spacial score (nSPS) is 18.4. The Morgan fingerprint density at radius 3 is 2.77 bits per heavy atom. The van der Waals surface area contributed by atoms with Crippen molar-refractivity contribution in [2.24, 2.45) is 5.92 Å². The second kappa shape index (κ2) is 6.55. The van der Waals surface area contributed by atoms with Crippen LogP contribution in [0.25, 0.3) is 0 Å². The van der Waals surface area contributed by atoms with Gasteiger partial charge in [0.15, 0.2) is 0 Å². The number of amides is 1. The fourth-order valence-corrected chi connectivity index (χ4v) is 2.69. The number of carbonyl (C=O) groups is 1. The summed E-state index contributed by atoms with van der Waals surface area (Å²) in [5.41, 5.74) is 1.51. The summed E-state index contributed by atoms with van der Waals surface area (Å²) in [6.45, 7) is 9.10. The Labute approximate surface area is 132 Å². The predicted octanol–water partition coefficient (Wildman–Crippen LogP) is 3.20. The minimum atomic E-state index is -0.448. The molecule has 5 nitrogen and oxygen atoms in total. The lowest BCUT2D eigenvalue weighted by Crippen LogP contribution is -2.35. The van der Waals surface area contributed by atoms with Gasteiger partial charge in [-0.15, -0.1) is 0 Å². The molecule has 1 unspecified atom stereocenters. The Morgan fingerprint density at radius 2 is 2.14 bits per heavy atom. The quantitative estimate of drug-likeness (QED) is 0.860. The third kappa shape index (κ3) is 4.36. The van der Waals surface area contributed by atoms with Crippen LogP contribution in [0.5, 0.6) is 5.75 Å². The molecule has 1 aromatic heterocycles. The van der Waals surface area contributed by atoms with Gasteiger partial charge in [0.05, 0.1) is 12.8 Å². The van der Waals surface area contributed by atoms with E-state index in [1.165, 1.54) is 0 Å². The number of ether oxygens (including phenoxy) is 2. The molecule has 2 heterocycles. The molecule has 1 amide bonds. The summed E-state index contributed by atoms with van der Waals surface area (Å²) in [5, 5.41) is 0. The summed E-state index contributed by atoms with van der Waals surface area (Å²) in [5.74, 6) is 1.22. The molecule has 0 aromatic carbocycles. The van der Waals surface area contributed by atoms with Crippen molar-refractivity contribution in [2.45, 2.75) is 46.1 Å². The van der Waals surface area contributed by atoms with Crippen LogP contribution in [0.3, 0.4) is 0 Å². The molecule has 0 bridgehead atoms. The molecular formula is C17H26N2O3. The van der Waals surface area contributed by atoms with Gasteiger partial charge < -0.3 is 14.4 Å². The first kappa shape index (κ1) is 16.6. The average molecular weight is 306 g/mol. The molecule has 2 rings (SSSR count). The smallest absolute Gasteiger partial charge is 0.410 e. The van der Waals surface area contributed by atoms with Gasteiger partial charge in [0.1, 0.15) is 11.4 Å². The fraction of sp³-hybridized carbons (Fsp3) is 0.647. The second-order valence-corrected chi connectivity index (χ2v) is 6.89. The predicted molar refractivity (Wildman–Crippen MR) is 85.1 cm³/mol. The lowest BCUT2D eigenvalue weighted by molar-refractivity contribution is 0.0288. The summed E-state index contributed by atoms with van der Waals surface area (Å²) in [6.07, 6.45) is 1.57. The molecule has 0 aliphatic carbocycles. The van der Waals surface area contributed by atoms with E-state index in [1.807, 2.05) is 39.8 Å². The molecule has 1 aromatic rings. The van der Waals surface area contributed by atoms with Gasteiger partial charge in [-0.1, -0.05) is 0 Å². The number of nitrogens with zero attached hydrogens (tertiary/aromatic N) is 2. The van der Waals surface area contributed by atoms with Crippen molar-refractivity contribution in [3.8, 4) is 5.75 Å². The van der Waals surface area contributed by atoms with E-state index in [4.69, 9.17) is 9.47 Å². The first-order valence-electron chi connectivity index (χ1n) is 7.77. The number of pyridine rings is 1. The molecule has 1 saturated heterocycles. The molecule has 1 fully saturated rings. The lowest BCUT2D eigenvalue weighted by Gasteiger charge is -2.24. The van der Waals surface area contributed by atoms with E-state index >= 15 is 0 Å². The highest BCUT2D eigenvalue weighted by Gasteiger charge is 2.30. The van der Waals surface area contributed by atoms with Gasteiger partial charge in [-0.2, -0.15) is 0 Å². The van der Waals surface area contributed by atoms with Crippen LogP contribution in [-0.2, 0) is 11.2 Å². The number of carbonyl (C=O) groups excluding carboxylic acids is 1. The van der Waals surface area contributed by atoms with Crippen molar-refractivity contribution in [3.63, 3.8) is 0 Å². The Kier molecular flexibility index (Phi) is 4.94. The summed E-state index contributed by atoms with van der Waals surface area (Å²) >= 11 is 0. The third-order valence-electron chi connectivity index (χ3n) is 3.71. The number of aryl methyl sites for hydroxylation is 1. The van der Waals surface area contributed by atoms with Crippen LogP contribution in [0.4, 0.5) is 4.79 Å². The lowest BCUT2D eigenvalue weighted by atomic mass is 10.0. The number of likely N-dealkylation sites (tertiary alicyclic amines) is 1. The number of aromatic nitrogens is 1. The van der Waals surface area contributed by atoms with Crippen molar-refractivity contribution in [1.82, 2.24) is 9.88 Å². The zero-order valence-corrected chi connectivity index (χ0v) is 14.2. The van der Waals surface area contributed by atoms with Crippen LogP contribution in [0.2, 0.25) is 0 Å². The Morgan fingerprint density at radius 1 is 1.41 bits per heavy atom. The van der Waals surface area contributed by atoms with E-state index in [-0.39, 0.29) is 6.09 Å². The van der Waals surface area contributed by atoms with E-state index in [2.05, 4.69) is 4.98 Å². The van der Waals surface area contributed by atoms with Gasteiger partial charge >= 0.3 is 6.09 Å². The molecule has 1 atom stereocenters. The summed E-state index contributed by atoms with van der Waals surface area (Å²) in [7, 11) is 1.66. The number of rotatable bonds is 3. The topological polar surface area (TPSA) is 51.7 Å². The molecular weight excluding hydrogens is 280 g/mol. The molecule has 0 spiro atoms. The van der Waals surface area contributed by atoms with Crippen molar-refractivity contribution < 1.29 is 14.3 Å². The van der Waals surface area contributed by atoms with Gasteiger partial charge in [0.2, 0.25) is 0 Å². The zero-order valence-electron chi connectivity index (χ0n) is 14.2. The van der Waals surface area contributed by atoms with E-state index in [9.17, 15) is 4.79 Å². The first-order valence-corrected chi connectivity index (χ1v) is 7.77. The molecule has 1 aliphatic heterocycles. The van der Waals surface area contributed by atoms with Gasteiger partial charge in [-0.05, 0) is 58.6 Å². The number of methoxy groups -OCH3 is 1. The Bertz CT molecular complexity index is 537. The number of hydrogen-bond donors (Lipinski definition) is 0. The van der Waals surface area contributed by atoms with Crippen LogP contribution in [0.1, 0.15) is 38.6 Å². The highest BCUT2D eigenvalue weighted by Crippen LogP contribution is 2.26. The molecule has 0 radical (unpaired) electrons. The summed E-state index contributed by atoms with van der Waals surface area (Å²) < 4.78 is 10.8.